The Balaban J connectivity index is 1.57. The van der Waals surface area contributed by atoms with Gasteiger partial charge in [-0.3, -0.25) is 10.1 Å². The summed E-state index contributed by atoms with van der Waals surface area (Å²) in [6.45, 7) is 2.12. The summed E-state index contributed by atoms with van der Waals surface area (Å²) in [6.07, 6.45) is 2.58. The molecule has 134 valence electrons. The predicted molar refractivity (Wildman–Crippen MR) is 96.0 cm³/mol. The van der Waals surface area contributed by atoms with Crippen LogP contribution in [0.2, 0.25) is 0 Å². The second-order valence-electron chi connectivity index (χ2n) is 5.86. The van der Waals surface area contributed by atoms with Crippen molar-refractivity contribution in [3.63, 3.8) is 0 Å². The first-order valence-electron chi connectivity index (χ1n) is 8.32. The van der Waals surface area contributed by atoms with Gasteiger partial charge in [0.2, 0.25) is 17.6 Å². The van der Waals surface area contributed by atoms with E-state index in [1.807, 2.05) is 24.3 Å². The van der Waals surface area contributed by atoms with Gasteiger partial charge in [0.05, 0.1) is 12.9 Å². The van der Waals surface area contributed by atoms with Crippen molar-refractivity contribution in [3.05, 3.63) is 30.2 Å². The molecule has 1 amide bonds. The fourth-order valence-corrected chi connectivity index (χ4v) is 3.62. The monoisotopic (exact) mass is 362 g/mol. The summed E-state index contributed by atoms with van der Waals surface area (Å²) in [7, 11) is 1.63. The summed E-state index contributed by atoms with van der Waals surface area (Å²) >= 11 is 1.54. The van der Waals surface area contributed by atoms with Gasteiger partial charge < -0.3 is 14.6 Å². The standard InChI is InChI=1S/C17H22N4O3S/c1-3-4-12-9-14(22)19-17(18-12)25-10-15-20-16(21-24-15)11-5-7-13(23-2)8-6-11/h5-8,12,17-18H,3-4,9-10H2,1-2H3,(H,19,22). The van der Waals surface area contributed by atoms with Gasteiger partial charge in [0.1, 0.15) is 11.2 Å². The van der Waals surface area contributed by atoms with Crippen molar-refractivity contribution in [1.29, 1.82) is 0 Å². The van der Waals surface area contributed by atoms with Crippen LogP contribution in [0.1, 0.15) is 32.1 Å². The molecule has 0 bridgehead atoms. The van der Waals surface area contributed by atoms with E-state index in [1.165, 1.54) is 11.8 Å². The fraction of sp³-hybridized carbons (Fsp3) is 0.471. The van der Waals surface area contributed by atoms with Crippen LogP contribution in [0.5, 0.6) is 5.75 Å². The topological polar surface area (TPSA) is 89.3 Å². The average Bonchev–Trinajstić information content (AvgIpc) is 3.09. The molecule has 2 N–H and O–H groups in total. The number of nitrogens with one attached hydrogen (secondary N) is 2. The van der Waals surface area contributed by atoms with Crippen LogP contribution in [-0.2, 0) is 10.5 Å². The van der Waals surface area contributed by atoms with Crippen molar-refractivity contribution in [2.24, 2.45) is 0 Å². The van der Waals surface area contributed by atoms with E-state index in [2.05, 4.69) is 27.7 Å². The number of hydrogen-bond donors (Lipinski definition) is 2. The van der Waals surface area contributed by atoms with Crippen LogP contribution in [0.3, 0.4) is 0 Å². The van der Waals surface area contributed by atoms with Crippen LogP contribution in [0.15, 0.2) is 28.8 Å². The number of carbonyl (C=O) groups is 1. The first kappa shape index (κ1) is 17.8. The zero-order chi connectivity index (χ0) is 17.6. The number of rotatable bonds is 7. The molecular formula is C17H22N4O3S. The molecule has 0 spiro atoms. The van der Waals surface area contributed by atoms with Crippen molar-refractivity contribution in [1.82, 2.24) is 20.8 Å². The number of benzene rings is 1. The molecule has 2 unspecified atom stereocenters. The molecule has 1 aliphatic heterocycles. The van der Waals surface area contributed by atoms with Crippen molar-refractivity contribution in [2.75, 3.05) is 7.11 Å². The lowest BCUT2D eigenvalue weighted by molar-refractivity contribution is -0.123. The smallest absolute Gasteiger partial charge is 0.237 e. The molecule has 0 radical (unpaired) electrons. The minimum Gasteiger partial charge on any atom is -0.497 e. The molecule has 2 atom stereocenters. The minimum atomic E-state index is -0.130. The van der Waals surface area contributed by atoms with Crippen molar-refractivity contribution in [3.8, 4) is 17.1 Å². The summed E-state index contributed by atoms with van der Waals surface area (Å²) in [6, 6.07) is 7.72. The van der Waals surface area contributed by atoms with Gasteiger partial charge in [-0.05, 0) is 30.7 Å². The zero-order valence-corrected chi connectivity index (χ0v) is 15.1. The Bertz CT molecular complexity index is 704. The quantitative estimate of drug-likeness (QED) is 0.782. The van der Waals surface area contributed by atoms with Crippen LogP contribution in [-0.4, -0.2) is 34.7 Å². The van der Waals surface area contributed by atoms with Crippen molar-refractivity contribution < 1.29 is 14.1 Å². The van der Waals surface area contributed by atoms with Gasteiger partial charge in [-0.2, -0.15) is 4.98 Å². The molecule has 3 rings (SSSR count). The lowest BCUT2D eigenvalue weighted by Crippen LogP contribution is -2.54. The van der Waals surface area contributed by atoms with Crippen LogP contribution in [0.25, 0.3) is 11.4 Å². The molecule has 25 heavy (non-hydrogen) atoms. The Morgan fingerprint density at radius 2 is 2.16 bits per heavy atom. The molecule has 0 aliphatic carbocycles. The predicted octanol–water partition coefficient (Wildman–Crippen LogP) is 2.54. The van der Waals surface area contributed by atoms with Crippen LogP contribution >= 0.6 is 11.8 Å². The first-order chi connectivity index (χ1) is 12.2. The summed E-state index contributed by atoms with van der Waals surface area (Å²) < 4.78 is 10.5. The molecule has 1 fully saturated rings. The zero-order valence-electron chi connectivity index (χ0n) is 14.3. The molecule has 1 aromatic heterocycles. The van der Waals surface area contributed by atoms with Gasteiger partial charge in [-0.15, -0.1) is 11.8 Å². The maximum absolute atomic E-state index is 11.8. The molecule has 0 saturated carbocycles. The van der Waals surface area contributed by atoms with E-state index >= 15 is 0 Å². The molecule has 7 nitrogen and oxygen atoms in total. The molecule has 8 heteroatoms. The number of nitrogens with zero attached hydrogens (tertiary/aromatic N) is 2. The summed E-state index contributed by atoms with van der Waals surface area (Å²) in [5.74, 6) is 2.47. The maximum Gasteiger partial charge on any atom is 0.237 e. The number of ether oxygens (including phenoxy) is 1. The van der Waals surface area contributed by atoms with E-state index in [1.54, 1.807) is 7.11 Å². The lowest BCUT2D eigenvalue weighted by atomic mass is 10.1. The van der Waals surface area contributed by atoms with E-state index in [9.17, 15) is 4.79 Å². The first-order valence-corrected chi connectivity index (χ1v) is 9.37. The Labute approximate surface area is 150 Å². The van der Waals surface area contributed by atoms with Crippen molar-refractivity contribution >= 4 is 17.7 Å². The van der Waals surface area contributed by atoms with Gasteiger partial charge in [-0.25, -0.2) is 0 Å². The summed E-state index contributed by atoms with van der Waals surface area (Å²) in [5.41, 5.74) is 0.738. The normalized spacial score (nSPS) is 20.3. The number of carbonyl (C=O) groups excluding carboxylic acids is 1. The van der Waals surface area contributed by atoms with Gasteiger partial charge in [0.25, 0.3) is 0 Å². The van der Waals surface area contributed by atoms with Gasteiger partial charge in [-0.1, -0.05) is 18.5 Å². The van der Waals surface area contributed by atoms with Gasteiger partial charge in [0, 0.05) is 18.0 Å². The van der Waals surface area contributed by atoms with Gasteiger partial charge in [0.15, 0.2) is 0 Å². The second-order valence-corrected chi connectivity index (χ2v) is 6.95. The van der Waals surface area contributed by atoms with E-state index in [0.717, 1.165) is 24.2 Å². The number of aromatic nitrogens is 2. The Hall–Kier alpha value is -2.06. The third kappa shape index (κ3) is 4.73. The van der Waals surface area contributed by atoms with Crippen molar-refractivity contribution in [2.45, 2.75) is 43.5 Å². The SMILES string of the molecule is CCCC1CC(=O)NC(SCc2nc(-c3ccc(OC)cc3)no2)N1. The number of amides is 1. The van der Waals surface area contributed by atoms with E-state index in [4.69, 9.17) is 9.26 Å². The number of methoxy groups -OCH3 is 1. The molecule has 1 aliphatic rings. The lowest BCUT2D eigenvalue weighted by Gasteiger charge is -2.30. The highest BCUT2D eigenvalue weighted by Gasteiger charge is 2.25. The largest absolute Gasteiger partial charge is 0.497 e. The van der Waals surface area contributed by atoms with Crippen LogP contribution in [0.4, 0.5) is 0 Å². The third-order valence-electron chi connectivity index (χ3n) is 3.94. The molecular weight excluding hydrogens is 340 g/mol. The average molecular weight is 362 g/mol. The van der Waals surface area contributed by atoms with Crippen LogP contribution in [0, 0.1) is 0 Å². The number of thioether (sulfide) groups is 1. The number of hydrogen-bond acceptors (Lipinski definition) is 7. The Kier molecular flexibility index (Phi) is 5.93. The third-order valence-corrected chi connectivity index (χ3v) is 4.94. The Morgan fingerprint density at radius 3 is 2.88 bits per heavy atom. The molecule has 1 aromatic carbocycles. The highest BCUT2D eigenvalue weighted by molar-refractivity contribution is 7.99. The van der Waals surface area contributed by atoms with E-state index < -0.39 is 0 Å². The molecule has 2 heterocycles. The van der Waals surface area contributed by atoms with Gasteiger partial charge >= 0.3 is 0 Å². The van der Waals surface area contributed by atoms with E-state index in [0.29, 0.717) is 23.9 Å². The van der Waals surface area contributed by atoms with E-state index in [-0.39, 0.29) is 17.4 Å². The second kappa shape index (κ2) is 8.35. The maximum atomic E-state index is 11.8. The molecule has 2 aromatic rings. The highest BCUT2D eigenvalue weighted by Crippen LogP contribution is 2.22. The summed E-state index contributed by atoms with van der Waals surface area (Å²) in [4.78, 5) is 16.2. The highest BCUT2D eigenvalue weighted by atomic mass is 32.2. The Morgan fingerprint density at radius 1 is 1.36 bits per heavy atom. The van der Waals surface area contributed by atoms with Crippen LogP contribution < -0.4 is 15.4 Å². The molecule has 1 saturated heterocycles. The summed E-state index contributed by atoms with van der Waals surface area (Å²) in [5, 5.41) is 10.4. The fourth-order valence-electron chi connectivity index (χ4n) is 2.69. The minimum absolute atomic E-state index is 0.0825.